The van der Waals surface area contributed by atoms with Crippen LogP contribution in [0.4, 0.5) is 5.00 Å². The molecule has 1 N–H and O–H groups in total. The monoisotopic (exact) mass is 452 g/mol. The number of likely N-dealkylation sites (tertiary alicyclic amines) is 1. The lowest BCUT2D eigenvalue weighted by Crippen LogP contribution is -2.37. The molecule has 32 heavy (non-hydrogen) atoms. The zero-order valence-corrected chi connectivity index (χ0v) is 19.2. The molecule has 2 aromatic heterocycles. The number of furan rings is 1. The maximum absolute atomic E-state index is 12.8. The van der Waals surface area contributed by atoms with Gasteiger partial charge in [-0.25, -0.2) is 0 Å². The van der Waals surface area contributed by atoms with Gasteiger partial charge in [0.1, 0.15) is 5.00 Å². The van der Waals surface area contributed by atoms with E-state index in [0.29, 0.717) is 5.76 Å². The normalized spacial score (nSPS) is 17.4. The van der Waals surface area contributed by atoms with Crippen molar-refractivity contribution in [1.29, 1.82) is 0 Å². The summed E-state index contributed by atoms with van der Waals surface area (Å²) < 4.78 is 16.5. The maximum atomic E-state index is 12.8. The molecule has 1 saturated heterocycles. The zero-order chi connectivity index (χ0) is 22.1. The van der Waals surface area contributed by atoms with Crippen LogP contribution >= 0.6 is 11.3 Å². The van der Waals surface area contributed by atoms with Crippen molar-refractivity contribution in [3.8, 4) is 11.5 Å². The number of ether oxygens (including phenoxy) is 2. The summed E-state index contributed by atoms with van der Waals surface area (Å²) in [4.78, 5) is 16.6. The highest BCUT2D eigenvalue weighted by Gasteiger charge is 2.31. The number of carbonyl (C=O) groups is 1. The SMILES string of the molecule is CCc1cc(C(c2ccc3c(c2)OCO3)N2CCC(C)CC2)c(NC(=O)c2ccco2)s1. The largest absolute Gasteiger partial charge is 0.459 e. The molecular formula is C25H28N2O4S. The highest BCUT2D eigenvalue weighted by atomic mass is 32.1. The van der Waals surface area contributed by atoms with Gasteiger partial charge in [-0.1, -0.05) is 19.9 Å². The minimum atomic E-state index is -0.225. The van der Waals surface area contributed by atoms with Gasteiger partial charge in [0, 0.05) is 10.4 Å². The molecule has 168 valence electrons. The van der Waals surface area contributed by atoms with Crippen molar-refractivity contribution in [3.63, 3.8) is 0 Å². The summed E-state index contributed by atoms with van der Waals surface area (Å²) in [5.74, 6) is 2.39. The Morgan fingerprint density at radius 1 is 1.19 bits per heavy atom. The lowest BCUT2D eigenvalue weighted by molar-refractivity contribution is 0.0996. The van der Waals surface area contributed by atoms with Crippen molar-refractivity contribution < 1.29 is 18.7 Å². The van der Waals surface area contributed by atoms with E-state index in [1.807, 2.05) is 6.07 Å². The lowest BCUT2D eigenvalue weighted by Gasteiger charge is -2.37. The van der Waals surface area contributed by atoms with Gasteiger partial charge in [0.25, 0.3) is 5.91 Å². The van der Waals surface area contributed by atoms with E-state index >= 15 is 0 Å². The van der Waals surface area contributed by atoms with Crippen molar-refractivity contribution >= 4 is 22.2 Å². The Morgan fingerprint density at radius 2 is 2.00 bits per heavy atom. The number of carbonyl (C=O) groups excluding carboxylic acids is 1. The van der Waals surface area contributed by atoms with Crippen molar-refractivity contribution in [2.24, 2.45) is 5.92 Å². The third-order valence-corrected chi connectivity index (χ3v) is 7.53. The smallest absolute Gasteiger partial charge is 0.291 e. The number of nitrogens with one attached hydrogen (secondary N) is 1. The van der Waals surface area contributed by atoms with Gasteiger partial charge in [-0.2, -0.15) is 0 Å². The second-order valence-corrected chi connectivity index (χ2v) is 9.65. The van der Waals surface area contributed by atoms with Crippen molar-refractivity contribution in [1.82, 2.24) is 4.90 Å². The predicted molar refractivity (Wildman–Crippen MR) is 125 cm³/mol. The molecule has 0 bridgehead atoms. The first-order chi connectivity index (χ1) is 15.6. The van der Waals surface area contributed by atoms with Gasteiger partial charge in [0.15, 0.2) is 17.3 Å². The average Bonchev–Trinajstić information content (AvgIpc) is 3.56. The second-order valence-electron chi connectivity index (χ2n) is 8.52. The second kappa shape index (κ2) is 9.00. The number of thiophene rings is 1. The molecule has 4 heterocycles. The summed E-state index contributed by atoms with van der Waals surface area (Å²) in [6.45, 7) is 6.76. The van der Waals surface area contributed by atoms with E-state index in [9.17, 15) is 4.79 Å². The Kier molecular flexibility index (Phi) is 5.93. The number of amides is 1. The van der Waals surface area contributed by atoms with Gasteiger partial charge in [-0.05, 0) is 74.2 Å². The molecular weight excluding hydrogens is 424 g/mol. The average molecular weight is 453 g/mol. The lowest BCUT2D eigenvalue weighted by atomic mass is 9.92. The van der Waals surface area contributed by atoms with Gasteiger partial charge in [-0.15, -0.1) is 11.3 Å². The number of benzene rings is 1. The highest BCUT2D eigenvalue weighted by Crippen LogP contribution is 2.43. The van der Waals surface area contributed by atoms with E-state index in [2.05, 4.69) is 42.3 Å². The Hall–Kier alpha value is -2.77. The first-order valence-corrected chi connectivity index (χ1v) is 12.0. The number of anilines is 1. The summed E-state index contributed by atoms with van der Waals surface area (Å²) in [6.07, 6.45) is 4.77. The molecule has 2 aliphatic heterocycles. The van der Waals surface area contributed by atoms with Crippen LogP contribution in [0.2, 0.25) is 0 Å². The summed E-state index contributed by atoms with van der Waals surface area (Å²) in [6, 6.07) is 11.9. The quantitative estimate of drug-likeness (QED) is 0.519. The number of aryl methyl sites for hydroxylation is 1. The van der Waals surface area contributed by atoms with Crippen LogP contribution in [0.5, 0.6) is 11.5 Å². The van der Waals surface area contributed by atoms with E-state index in [0.717, 1.165) is 53.1 Å². The maximum Gasteiger partial charge on any atom is 0.291 e. The molecule has 7 heteroatoms. The molecule has 1 aromatic carbocycles. The molecule has 1 atom stereocenters. The number of fused-ring (bicyclic) bond motifs is 1. The summed E-state index contributed by atoms with van der Waals surface area (Å²) in [5.41, 5.74) is 2.28. The molecule has 0 spiro atoms. The van der Waals surface area contributed by atoms with Gasteiger partial charge >= 0.3 is 0 Å². The fraction of sp³-hybridized carbons (Fsp3) is 0.400. The van der Waals surface area contributed by atoms with Crippen LogP contribution in [-0.2, 0) is 6.42 Å². The van der Waals surface area contributed by atoms with E-state index in [1.165, 1.54) is 24.0 Å². The van der Waals surface area contributed by atoms with Gasteiger partial charge < -0.3 is 19.2 Å². The minimum Gasteiger partial charge on any atom is -0.459 e. The molecule has 3 aromatic rings. The Bertz CT molecular complexity index is 1080. The van der Waals surface area contributed by atoms with E-state index in [-0.39, 0.29) is 18.7 Å². The number of rotatable bonds is 6. The van der Waals surface area contributed by atoms with Gasteiger partial charge in [-0.3, -0.25) is 9.69 Å². The number of nitrogens with zero attached hydrogens (tertiary/aromatic N) is 1. The predicted octanol–water partition coefficient (Wildman–Crippen LogP) is 5.71. The number of hydrogen-bond donors (Lipinski definition) is 1. The third kappa shape index (κ3) is 4.14. The van der Waals surface area contributed by atoms with Crippen LogP contribution in [0, 0.1) is 5.92 Å². The summed E-state index contributed by atoms with van der Waals surface area (Å²) in [5, 5.41) is 4.00. The van der Waals surface area contributed by atoms with Crippen molar-refractivity contribution in [2.75, 3.05) is 25.2 Å². The molecule has 1 fully saturated rings. The van der Waals surface area contributed by atoms with E-state index < -0.39 is 0 Å². The summed E-state index contributed by atoms with van der Waals surface area (Å²) in [7, 11) is 0. The molecule has 0 radical (unpaired) electrons. The fourth-order valence-corrected chi connectivity index (χ4v) is 5.49. The van der Waals surface area contributed by atoms with Crippen molar-refractivity contribution in [2.45, 2.75) is 39.2 Å². The van der Waals surface area contributed by atoms with Crippen LogP contribution in [0.25, 0.3) is 0 Å². The van der Waals surface area contributed by atoms with Crippen LogP contribution < -0.4 is 14.8 Å². The third-order valence-electron chi connectivity index (χ3n) is 6.32. The molecule has 0 aliphatic carbocycles. The topological polar surface area (TPSA) is 63.9 Å². The standard InChI is InChI=1S/C25H28N2O4S/c1-3-18-14-19(25(32-18)26-24(28)21-5-4-12-29-21)23(27-10-8-16(2)9-11-27)17-6-7-20-22(13-17)31-15-30-20/h4-7,12-14,16,23H,3,8-11,15H2,1-2H3,(H,26,28). The van der Waals surface area contributed by atoms with Crippen LogP contribution in [0.15, 0.2) is 47.1 Å². The molecule has 0 saturated carbocycles. The molecule has 6 nitrogen and oxygen atoms in total. The van der Waals surface area contributed by atoms with Crippen LogP contribution in [0.1, 0.15) is 59.3 Å². The number of hydrogen-bond acceptors (Lipinski definition) is 6. The van der Waals surface area contributed by atoms with Gasteiger partial charge in [0.2, 0.25) is 6.79 Å². The fourth-order valence-electron chi connectivity index (χ4n) is 4.46. The summed E-state index contributed by atoms with van der Waals surface area (Å²) >= 11 is 1.64. The highest BCUT2D eigenvalue weighted by molar-refractivity contribution is 7.16. The molecule has 2 aliphatic rings. The van der Waals surface area contributed by atoms with Crippen LogP contribution in [-0.4, -0.2) is 30.7 Å². The Balaban J connectivity index is 1.55. The van der Waals surface area contributed by atoms with Crippen LogP contribution in [0.3, 0.4) is 0 Å². The van der Waals surface area contributed by atoms with E-state index in [4.69, 9.17) is 13.9 Å². The first-order valence-electron chi connectivity index (χ1n) is 11.2. The minimum absolute atomic E-state index is 0.0282. The van der Waals surface area contributed by atoms with E-state index in [1.54, 1.807) is 23.5 Å². The first kappa shape index (κ1) is 21.1. The molecule has 1 unspecified atom stereocenters. The molecule has 1 amide bonds. The zero-order valence-electron chi connectivity index (χ0n) is 18.4. The molecule has 5 rings (SSSR count). The number of piperidine rings is 1. The van der Waals surface area contributed by atoms with Crippen molar-refractivity contribution in [3.05, 3.63) is 64.4 Å². The Morgan fingerprint density at radius 3 is 2.75 bits per heavy atom. The van der Waals surface area contributed by atoms with Gasteiger partial charge in [0.05, 0.1) is 12.3 Å². The Labute approximate surface area is 192 Å².